The van der Waals surface area contributed by atoms with Crippen molar-refractivity contribution >= 4 is 45.1 Å². The Morgan fingerprint density at radius 1 is 0.979 bits per heavy atom. The average Bonchev–Trinajstić information content (AvgIpc) is 2.96. The van der Waals surface area contributed by atoms with Crippen molar-refractivity contribution in [3.05, 3.63) is 28.4 Å². The van der Waals surface area contributed by atoms with Crippen LogP contribution in [0.25, 0.3) is 0 Å². The molecule has 0 fully saturated rings. The maximum atomic E-state index is 12.3. The van der Waals surface area contributed by atoms with E-state index in [-0.39, 0.29) is 53.7 Å². The predicted molar refractivity (Wildman–Crippen MR) is 184 cm³/mol. The second-order valence-electron chi connectivity index (χ2n) is 14.0. The Morgan fingerprint density at radius 2 is 1.62 bits per heavy atom. The molecule has 0 aliphatic rings. The zero-order chi connectivity index (χ0) is 35.7. The lowest BCUT2D eigenvalue weighted by atomic mass is 9.89. The molecule has 3 N–H and O–H groups in total. The Morgan fingerprint density at radius 3 is 2.15 bits per heavy atom. The molecule has 1 aromatic rings. The van der Waals surface area contributed by atoms with Gasteiger partial charge in [0.25, 0.3) is 5.69 Å². The van der Waals surface area contributed by atoms with Gasteiger partial charge in [-0.25, -0.2) is 4.98 Å². The number of nitrogens with one attached hydrogen (secondary N) is 2. The van der Waals surface area contributed by atoms with E-state index in [0.717, 1.165) is 0 Å². The second-order valence-corrected chi connectivity index (χ2v) is 16.9. The fourth-order valence-electron chi connectivity index (χ4n) is 4.04. The molecule has 1 aromatic heterocycles. The van der Waals surface area contributed by atoms with E-state index in [1.165, 1.54) is 23.1 Å². The molecular formula is C32H54N4O9S2. The van der Waals surface area contributed by atoms with Crippen molar-refractivity contribution in [2.45, 2.75) is 128 Å². The maximum Gasteiger partial charge on any atom is 0.305 e. The van der Waals surface area contributed by atoms with Gasteiger partial charge in [0, 0.05) is 43.2 Å². The Hall–Kier alpha value is -2.46. The van der Waals surface area contributed by atoms with E-state index in [1.54, 1.807) is 16.9 Å². The number of ether oxygens (including phenoxy) is 3. The molecule has 13 nitrogen and oxygen atoms in total. The molecule has 0 bridgehead atoms. The van der Waals surface area contributed by atoms with Crippen molar-refractivity contribution in [3.8, 4) is 0 Å². The summed E-state index contributed by atoms with van der Waals surface area (Å²) in [6.45, 7) is 16.3. The van der Waals surface area contributed by atoms with E-state index in [9.17, 15) is 29.6 Å². The third-order valence-corrected chi connectivity index (χ3v) is 9.54. The van der Waals surface area contributed by atoms with Crippen LogP contribution in [-0.4, -0.2) is 81.8 Å². The SMILES string of the molecule is CC(C)(C)CC(CO)OC(COC(=O)CCCC(=O)NCCCNC(=O)CCC(C)(C)SSc1ccc([N+](=O)[O-])cn1)OC(C)(C)C. The fourth-order valence-corrected chi connectivity index (χ4v) is 6.23. The number of nitrogens with zero attached hydrogens (tertiary/aromatic N) is 2. The molecule has 2 unspecified atom stereocenters. The summed E-state index contributed by atoms with van der Waals surface area (Å²) >= 11 is 0. The van der Waals surface area contributed by atoms with E-state index in [0.29, 0.717) is 50.2 Å². The predicted octanol–water partition coefficient (Wildman–Crippen LogP) is 5.58. The van der Waals surface area contributed by atoms with E-state index in [1.807, 2.05) is 55.4 Å². The van der Waals surface area contributed by atoms with Crippen LogP contribution in [0.5, 0.6) is 0 Å². The van der Waals surface area contributed by atoms with Crippen LogP contribution in [0, 0.1) is 15.5 Å². The molecule has 0 aliphatic heterocycles. The number of hydrogen-bond donors (Lipinski definition) is 3. The van der Waals surface area contributed by atoms with Crippen molar-refractivity contribution in [2.75, 3.05) is 26.3 Å². The third kappa shape index (κ3) is 21.9. The van der Waals surface area contributed by atoms with Crippen LogP contribution in [0.2, 0.25) is 0 Å². The Kier molecular flexibility index (Phi) is 18.8. The van der Waals surface area contributed by atoms with Gasteiger partial charge in [0.05, 0.1) is 23.2 Å². The average molecular weight is 703 g/mol. The first-order valence-electron chi connectivity index (χ1n) is 15.9. The highest BCUT2D eigenvalue weighted by molar-refractivity contribution is 8.77. The van der Waals surface area contributed by atoms with Crippen LogP contribution in [-0.2, 0) is 28.6 Å². The first-order chi connectivity index (χ1) is 21.8. The highest BCUT2D eigenvalue weighted by Gasteiger charge is 2.27. The minimum absolute atomic E-state index is 0.0589. The molecule has 1 heterocycles. The Labute approximate surface area is 287 Å². The molecule has 2 amide bonds. The summed E-state index contributed by atoms with van der Waals surface area (Å²) in [5.41, 5.74) is -0.675. The standard InChI is InChI=1S/C32H54N4O9S2/c1-30(2,3)19-24(21-37)44-29(45-31(4,5)6)22-43-28(40)12-9-11-25(38)33-17-10-18-34-26(39)15-16-32(7,8)47-46-27-14-13-23(20-35-27)36(41)42/h13-14,20,24,29,37H,9-12,15-19,21-22H2,1-8H3,(H,33,38)(H,34,39). The van der Waals surface area contributed by atoms with Crippen LogP contribution >= 0.6 is 21.6 Å². The molecule has 1 rings (SSSR count). The first-order valence-corrected chi connectivity index (χ1v) is 18.0. The summed E-state index contributed by atoms with van der Waals surface area (Å²) in [5.74, 6) is -0.733. The van der Waals surface area contributed by atoms with Crippen LogP contribution in [0.15, 0.2) is 23.4 Å². The maximum absolute atomic E-state index is 12.3. The molecule has 0 aromatic carbocycles. The van der Waals surface area contributed by atoms with Gasteiger partial charge in [0.15, 0.2) is 6.29 Å². The number of hydrogen-bond acceptors (Lipinski definition) is 12. The molecule has 47 heavy (non-hydrogen) atoms. The summed E-state index contributed by atoms with van der Waals surface area (Å²) in [7, 11) is 2.96. The second kappa shape index (κ2) is 20.8. The number of pyridine rings is 1. The smallest absolute Gasteiger partial charge is 0.305 e. The lowest BCUT2D eigenvalue weighted by Crippen LogP contribution is -2.38. The first kappa shape index (κ1) is 42.6. The Bertz CT molecular complexity index is 1120. The number of nitro groups is 1. The molecule has 15 heteroatoms. The molecule has 268 valence electrons. The molecule has 0 saturated heterocycles. The van der Waals surface area contributed by atoms with Gasteiger partial charge in [-0.1, -0.05) is 31.6 Å². The lowest BCUT2D eigenvalue weighted by molar-refractivity contribution is -0.385. The Balaban J connectivity index is 2.24. The van der Waals surface area contributed by atoms with Gasteiger partial charge < -0.3 is 30.0 Å². The molecule has 0 aliphatic carbocycles. The number of rotatable bonds is 22. The van der Waals surface area contributed by atoms with E-state index in [2.05, 4.69) is 15.6 Å². The van der Waals surface area contributed by atoms with Crippen LogP contribution in [0.4, 0.5) is 5.69 Å². The van der Waals surface area contributed by atoms with Crippen LogP contribution in [0.1, 0.15) is 100 Å². The van der Waals surface area contributed by atoms with E-state index in [4.69, 9.17) is 14.2 Å². The van der Waals surface area contributed by atoms with Gasteiger partial charge in [-0.15, -0.1) is 0 Å². The number of amides is 2. The van der Waals surface area contributed by atoms with Crippen molar-refractivity contribution < 1.29 is 38.6 Å². The number of esters is 1. The number of aliphatic hydroxyl groups is 1. The number of carbonyl (C=O) groups excluding carboxylic acids is 3. The van der Waals surface area contributed by atoms with Gasteiger partial charge in [0.2, 0.25) is 11.8 Å². The number of carbonyl (C=O) groups is 3. The van der Waals surface area contributed by atoms with Gasteiger partial charge >= 0.3 is 5.97 Å². The van der Waals surface area contributed by atoms with E-state index >= 15 is 0 Å². The van der Waals surface area contributed by atoms with Crippen LogP contribution in [0.3, 0.4) is 0 Å². The summed E-state index contributed by atoms with van der Waals surface area (Å²) in [6, 6.07) is 3.02. The molecule has 2 atom stereocenters. The van der Waals surface area contributed by atoms with Crippen molar-refractivity contribution in [1.29, 1.82) is 0 Å². The highest BCUT2D eigenvalue weighted by atomic mass is 33.1. The van der Waals surface area contributed by atoms with Crippen molar-refractivity contribution in [1.82, 2.24) is 15.6 Å². The molecular weight excluding hydrogens is 649 g/mol. The normalized spacial score (nSPS) is 13.5. The summed E-state index contributed by atoms with van der Waals surface area (Å²) in [6.07, 6.45) is 2.62. The van der Waals surface area contributed by atoms with Crippen LogP contribution < -0.4 is 10.6 Å². The van der Waals surface area contributed by atoms with Gasteiger partial charge in [-0.05, 0) is 82.6 Å². The van der Waals surface area contributed by atoms with Crippen molar-refractivity contribution in [3.63, 3.8) is 0 Å². The molecule has 0 spiro atoms. The molecule has 0 saturated carbocycles. The van der Waals surface area contributed by atoms with Gasteiger partial charge in [0.1, 0.15) is 17.8 Å². The van der Waals surface area contributed by atoms with E-state index < -0.39 is 28.9 Å². The molecule has 0 radical (unpaired) electrons. The summed E-state index contributed by atoms with van der Waals surface area (Å²) < 4.78 is 17.0. The third-order valence-electron chi connectivity index (χ3n) is 6.27. The van der Waals surface area contributed by atoms with Gasteiger partial charge in [-0.3, -0.25) is 24.5 Å². The quantitative estimate of drug-likeness (QED) is 0.0342. The number of aliphatic hydroxyl groups excluding tert-OH is 1. The lowest BCUT2D eigenvalue weighted by Gasteiger charge is -2.32. The minimum atomic E-state index is -0.835. The highest BCUT2D eigenvalue weighted by Crippen LogP contribution is 2.42. The zero-order valence-electron chi connectivity index (χ0n) is 29.1. The summed E-state index contributed by atoms with van der Waals surface area (Å²) in [5, 5.41) is 26.8. The largest absolute Gasteiger partial charge is 0.460 e. The van der Waals surface area contributed by atoms with Gasteiger partial charge in [-0.2, -0.15) is 0 Å². The number of aromatic nitrogens is 1. The fraction of sp³-hybridized carbons (Fsp3) is 0.750. The summed E-state index contributed by atoms with van der Waals surface area (Å²) in [4.78, 5) is 51.1. The zero-order valence-corrected chi connectivity index (χ0v) is 30.7. The van der Waals surface area contributed by atoms with Crippen molar-refractivity contribution in [2.24, 2.45) is 5.41 Å². The minimum Gasteiger partial charge on any atom is -0.460 e. The monoisotopic (exact) mass is 702 g/mol. The topological polar surface area (TPSA) is 179 Å².